The third-order valence-corrected chi connectivity index (χ3v) is 4.40. The first-order valence-electron chi connectivity index (χ1n) is 7.91. The smallest absolute Gasteiger partial charge is 0.255 e. The topological polar surface area (TPSA) is 79.7 Å². The van der Waals surface area contributed by atoms with Crippen molar-refractivity contribution in [3.05, 3.63) is 64.4 Å². The van der Waals surface area contributed by atoms with E-state index in [0.29, 0.717) is 12.4 Å². The molecule has 7 heteroatoms. The summed E-state index contributed by atoms with van der Waals surface area (Å²) >= 11 is 0. The van der Waals surface area contributed by atoms with Gasteiger partial charge in [0.2, 0.25) is 0 Å². The number of fused-ring (bicyclic) bond motifs is 1. The molecule has 0 unspecified atom stereocenters. The van der Waals surface area contributed by atoms with Gasteiger partial charge in [-0.1, -0.05) is 0 Å². The van der Waals surface area contributed by atoms with Gasteiger partial charge in [-0.2, -0.15) is 0 Å². The molecule has 1 aliphatic rings. The first-order valence-corrected chi connectivity index (χ1v) is 7.91. The molecular weight excluding hydrogens is 304 g/mol. The van der Waals surface area contributed by atoms with Crippen LogP contribution in [0, 0.1) is 0 Å². The fraction of sp³-hybridized carbons (Fsp3) is 0.294. The molecule has 0 bridgehead atoms. The Labute approximate surface area is 139 Å². The molecule has 0 radical (unpaired) electrons. The molecule has 0 spiro atoms. The number of aromatic amines is 1. The van der Waals surface area contributed by atoms with Gasteiger partial charge in [-0.3, -0.25) is 14.7 Å². The molecule has 0 saturated heterocycles. The fourth-order valence-corrected chi connectivity index (χ4v) is 3.03. The van der Waals surface area contributed by atoms with Crippen LogP contribution in [0.2, 0.25) is 0 Å². The number of imidazole rings is 1. The van der Waals surface area contributed by atoms with Gasteiger partial charge in [-0.25, -0.2) is 9.97 Å². The Morgan fingerprint density at radius 2 is 2.08 bits per heavy atom. The van der Waals surface area contributed by atoms with E-state index in [9.17, 15) is 4.79 Å². The van der Waals surface area contributed by atoms with Crippen molar-refractivity contribution >= 4 is 0 Å². The second-order valence-corrected chi connectivity index (χ2v) is 6.03. The molecule has 4 rings (SSSR count). The molecule has 7 nitrogen and oxygen atoms in total. The standard InChI is InChI=1S/C17H18N6O/c1-22-11-19-8-13(22)9-23-7-4-15-14(10-23)17(24)21-16(20-15)12-2-5-18-6-3-12/h2-3,5-6,8,11H,4,7,9-10H2,1H3,(H,20,21,24). The Bertz CT molecular complexity index is 914. The molecule has 4 heterocycles. The summed E-state index contributed by atoms with van der Waals surface area (Å²) < 4.78 is 2.00. The Hall–Kier alpha value is -2.80. The highest BCUT2D eigenvalue weighted by molar-refractivity contribution is 5.54. The van der Waals surface area contributed by atoms with Crippen LogP contribution in [0.1, 0.15) is 17.0 Å². The fourth-order valence-electron chi connectivity index (χ4n) is 3.03. The van der Waals surface area contributed by atoms with Crippen molar-refractivity contribution in [3.8, 4) is 11.4 Å². The number of hydrogen-bond acceptors (Lipinski definition) is 5. The van der Waals surface area contributed by atoms with E-state index in [0.717, 1.165) is 42.0 Å². The van der Waals surface area contributed by atoms with E-state index in [-0.39, 0.29) is 5.56 Å². The average Bonchev–Trinajstić information content (AvgIpc) is 3.01. The maximum atomic E-state index is 12.5. The number of hydrogen-bond donors (Lipinski definition) is 1. The van der Waals surface area contributed by atoms with Crippen molar-refractivity contribution in [2.24, 2.45) is 7.05 Å². The highest BCUT2D eigenvalue weighted by Crippen LogP contribution is 2.19. The summed E-state index contributed by atoms with van der Waals surface area (Å²) in [7, 11) is 1.98. The summed E-state index contributed by atoms with van der Waals surface area (Å²) in [5.74, 6) is 0.612. The Morgan fingerprint density at radius 3 is 2.83 bits per heavy atom. The van der Waals surface area contributed by atoms with Crippen LogP contribution in [-0.4, -0.2) is 35.9 Å². The van der Waals surface area contributed by atoms with Crippen LogP contribution in [-0.2, 0) is 26.6 Å². The predicted octanol–water partition coefficient (Wildman–Crippen LogP) is 1.12. The summed E-state index contributed by atoms with van der Waals surface area (Å²) in [6, 6.07) is 3.70. The number of pyridine rings is 1. The predicted molar refractivity (Wildman–Crippen MR) is 89.1 cm³/mol. The van der Waals surface area contributed by atoms with Gasteiger partial charge in [0.15, 0.2) is 0 Å². The summed E-state index contributed by atoms with van der Waals surface area (Å²) in [6.07, 6.45) is 7.83. The van der Waals surface area contributed by atoms with Crippen molar-refractivity contribution in [3.63, 3.8) is 0 Å². The van der Waals surface area contributed by atoms with Crippen LogP contribution >= 0.6 is 0 Å². The number of rotatable bonds is 3. The summed E-state index contributed by atoms with van der Waals surface area (Å²) in [6.45, 7) is 2.27. The minimum Gasteiger partial charge on any atom is -0.337 e. The first-order chi connectivity index (χ1) is 11.7. The minimum atomic E-state index is -0.0541. The zero-order valence-electron chi connectivity index (χ0n) is 13.4. The number of nitrogens with zero attached hydrogens (tertiary/aromatic N) is 5. The molecule has 1 N–H and O–H groups in total. The van der Waals surface area contributed by atoms with E-state index in [1.165, 1.54) is 0 Å². The quantitative estimate of drug-likeness (QED) is 0.782. The van der Waals surface area contributed by atoms with Crippen LogP contribution in [0.3, 0.4) is 0 Å². The lowest BCUT2D eigenvalue weighted by atomic mass is 10.1. The highest BCUT2D eigenvalue weighted by Gasteiger charge is 2.22. The van der Waals surface area contributed by atoms with Gasteiger partial charge in [0.1, 0.15) is 5.82 Å². The van der Waals surface area contributed by atoms with E-state index in [4.69, 9.17) is 0 Å². The molecular formula is C17H18N6O. The Balaban J connectivity index is 1.61. The van der Waals surface area contributed by atoms with Crippen LogP contribution in [0.25, 0.3) is 11.4 Å². The lowest BCUT2D eigenvalue weighted by molar-refractivity contribution is 0.236. The van der Waals surface area contributed by atoms with Crippen molar-refractivity contribution in [1.82, 2.24) is 29.4 Å². The Kier molecular flexibility index (Phi) is 3.70. The van der Waals surface area contributed by atoms with Gasteiger partial charge in [-0.15, -0.1) is 0 Å². The number of aryl methyl sites for hydroxylation is 1. The first kappa shape index (κ1) is 14.8. The molecule has 0 saturated carbocycles. The molecule has 3 aromatic heterocycles. The van der Waals surface area contributed by atoms with Gasteiger partial charge >= 0.3 is 0 Å². The van der Waals surface area contributed by atoms with Gasteiger partial charge in [0, 0.05) is 57.3 Å². The zero-order valence-corrected chi connectivity index (χ0v) is 13.4. The molecule has 1 aliphatic heterocycles. The third kappa shape index (κ3) is 2.74. The largest absolute Gasteiger partial charge is 0.337 e. The van der Waals surface area contributed by atoms with Crippen LogP contribution < -0.4 is 5.56 Å². The molecule has 0 aromatic carbocycles. The van der Waals surface area contributed by atoms with Crippen molar-refractivity contribution in [2.45, 2.75) is 19.5 Å². The van der Waals surface area contributed by atoms with Gasteiger partial charge in [0.25, 0.3) is 5.56 Å². The molecule has 0 atom stereocenters. The molecule has 122 valence electrons. The van der Waals surface area contributed by atoms with Crippen molar-refractivity contribution < 1.29 is 0 Å². The summed E-state index contributed by atoms with van der Waals surface area (Å²) in [4.78, 5) is 30.5. The number of H-pyrrole nitrogens is 1. The highest BCUT2D eigenvalue weighted by atomic mass is 16.1. The van der Waals surface area contributed by atoms with Crippen LogP contribution in [0.15, 0.2) is 41.8 Å². The van der Waals surface area contributed by atoms with E-state index < -0.39 is 0 Å². The van der Waals surface area contributed by atoms with Crippen LogP contribution in [0.4, 0.5) is 0 Å². The van der Waals surface area contributed by atoms with Gasteiger partial charge in [0.05, 0.1) is 23.3 Å². The molecule has 0 fully saturated rings. The number of nitrogens with one attached hydrogen (secondary N) is 1. The van der Waals surface area contributed by atoms with E-state index >= 15 is 0 Å². The van der Waals surface area contributed by atoms with E-state index in [1.807, 2.05) is 29.9 Å². The number of aromatic nitrogens is 5. The average molecular weight is 322 g/mol. The summed E-state index contributed by atoms with van der Waals surface area (Å²) in [5.41, 5.74) is 3.62. The monoisotopic (exact) mass is 322 g/mol. The second kappa shape index (κ2) is 6.01. The van der Waals surface area contributed by atoms with E-state index in [1.54, 1.807) is 18.7 Å². The summed E-state index contributed by atoms with van der Waals surface area (Å²) in [5, 5.41) is 0. The molecule has 24 heavy (non-hydrogen) atoms. The minimum absolute atomic E-state index is 0.0541. The van der Waals surface area contributed by atoms with Crippen molar-refractivity contribution in [2.75, 3.05) is 6.54 Å². The normalized spacial score (nSPS) is 14.5. The van der Waals surface area contributed by atoms with Crippen LogP contribution in [0.5, 0.6) is 0 Å². The maximum Gasteiger partial charge on any atom is 0.255 e. The lowest BCUT2D eigenvalue weighted by Gasteiger charge is -2.27. The van der Waals surface area contributed by atoms with Gasteiger partial charge in [-0.05, 0) is 12.1 Å². The second-order valence-electron chi connectivity index (χ2n) is 6.03. The molecule has 0 aliphatic carbocycles. The zero-order chi connectivity index (χ0) is 16.5. The van der Waals surface area contributed by atoms with Gasteiger partial charge < -0.3 is 9.55 Å². The Morgan fingerprint density at radius 1 is 1.25 bits per heavy atom. The SMILES string of the molecule is Cn1cncc1CN1CCc2nc(-c3ccncc3)[nH]c(=O)c2C1. The lowest BCUT2D eigenvalue weighted by Crippen LogP contribution is -2.35. The van der Waals surface area contributed by atoms with Crippen molar-refractivity contribution in [1.29, 1.82) is 0 Å². The molecule has 0 amide bonds. The molecule has 3 aromatic rings. The third-order valence-electron chi connectivity index (χ3n) is 4.40. The van der Waals surface area contributed by atoms with E-state index in [2.05, 4.69) is 24.8 Å². The maximum absolute atomic E-state index is 12.5.